The van der Waals surface area contributed by atoms with E-state index in [2.05, 4.69) is 31.0 Å². The van der Waals surface area contributed by atoms with Crippen molar-refractivity contribution in [3.8, 4) is 5.75 Å². The van der Waals surface area contributed by atoms with Crippen molar-refractivity contribution < 1.29 is 13.2 Å². The van der Waals surface area contributed by atoms with E-state index in [9.17, 15) is 8.42 Å². The van der Waals surface area contributed by atoms with Gasteiger partial charge in [-0.3, -0.25) is 4.72 Å². The Bertz CT molecular complexity index is 750. The number of anilines is 2. The van der Waals surface area contributed by atoms with Crippen LogP contribution in [0.4, 0.5) is 11.4 Å². The van der Waals surface area contributed by atoms with Crippen molar-refractivity contribution in [3.63, 3.8) is 0 Å². The van der Waals surface area contributed by atoms with Crippen LogP contribution in [0.1, 0.15) is 0 Å². The molecule has 0 bridgehead atoms. The van der Waals surface area contributed by atoms with Gasteiger partial charge < -0.3 is 10.1 Å². The summed E-state index contributed by atoms with van der Waals surface area (Å²) in [4.78, 5) is 3.93. The summed E-state index contributed by atoms with van der Waals surface area (Å²) in [6.45, 7) is 0. The van der Waals surface area contributed by atoms with E-state index in [0.29, 0.717) is 17.1 Å². The van der Waals surface area contributed by atoms with Gasteiger partial charge in [0.1, 0.15) is 5.75 Å². The minimum Gasteiger partial charge on any atom is -0.495 e. The molecule has 0 radical (unpaired) electrons. The lowest BCUT2D eigenvalue weighted by molar-refractivity contribution is 0.417. The Morgan fingerprint density at radius 2 is 2.00 bits per heavy atom. The third kappa shape index (κ3) is 3.45. The first-order valence-electron chi connectivity index (χ1n) is 5.97. The lowest BCUT2D eigenvalue weighted by Gasteiger charge is -2.13. The average Bonchev–Trinajstić information content (AvgIpc) is 2.47. The molecule has 0 aliphatic rings. The highest BCUT2D eigenvalue weighted by atomic mass is 79.9. The smallest absolute Gasteiger partial charge is 0.281 e. The number of rotatable bonds is 5. The standard InChI is InChI=1S/C13H14BrN3O3S/c1-15-10-4-3-7-16-13(10)21(18,19)17-11-8-9(14)5-6-12(11)20-2/h3-8,15,17H,1-2H3. The van der Waals surface area contributed by atoms with Crippen LogP contribution < -0.4 is 14.8 Å². The van der Waals surface area contributed by atoms with E-state index in [1.807, 2.05) is 0 Å². The maximum atomic E-state index is 12.5. The van der Waals surface area contributed by atoms with Crippen LogP contribution in [0.2, 0.25) is 0 Å². The molecule has 6 nitrogen and oxygen atoms in total. The van der Waals surface area contributed by atoms with Crippen LogP contribution in [-0.2, 0) is 10.0 Å². The van der Waals surface area contributed by atoms with Crippen LogP contribution in [0.15, 0.2) is 46.0 Å². The third-order valence-electron chi connectivity index (χ3n) is 2.70. The van der Waals surface area contributed by atoms with E-state index >= 15 is 0 Å². The monoisotopic (exact) mass is 371 g/mol. The number of benzene rings is 1. The fourth-order valence-corrected chi connectivity index (χ4v) is 3.31. The number of hydrogen-bond acceptors (Lipinski definition) is 5. The van der Waals surface area contributed by atoms with E-state index in [1.54, 1.807) is 37.4 Å². The van der Waals surface area contributed by atoms with Gasteiger partial charge in [-0.15, -0.1) is 0 Å². The number of nitrogens with zero attached hydrogens (tertiary/aromatic N) is 1. The zero-order valence-electron chi connectivity index (χ0n) is 11.4. The van der Waals surface area contributed by atoms with Crippen LogP contribution >= 0.6 is 15.9 Å². The van der Waals surface area contributed by atoms with E-state index in [0.717, 1.165) is 4.47 Å². The van der Waals surface area contributed by atoms with E-state index in [4.69, 9.17) is 4.74 Å². The summed E-state index contributed by atoms with van der Waals surface area (Å²) in [5.41, 5.74) is 0.749. The first kappa shape index (κ1) is 15.6. The second kappa shape index (κ2) is 6.31. The maximum Gasteiger partial charge on any atom is 0.281 e. The number of aromatic nitrogens is 1. The first-order valence-corrected chi connectivity index (χ1v) is 8.24. The van der Waals surface area contributed by atoms with Crippen molar-refractivity contribution in [2.75, 3.05) is 24.2 Å². The second-order valence-electron chi connectivity index (χ2n) is 4.06. The summed E-state index contributed by atoms with van der Waals surface area (Å²) in [5, 5.41) is 2.73. The van der Waals surface area contributed by atoms with Gasteiger partial charge in [-0.2, -0.15) is 8.42 Å². The molecule has 0 saturated heterocycles. The predicted octanol–water partition coefficient (Wildman–Crippen LogP) is 2.70. The summed E-state index contributed by atoms with van der Waals surface area (Å²) in [6, 6.07) is 8.35. The summed E-state index contributed by atoms with van der Waals surface area (Å²) in [6.07, 6.45) is 1.42. The molecule has 8 heteroatoms. The number of nitrogens with one attached hydrogen (secondary N) is 2. The van der Waals surface area contributed by atoms with Gasteiger partial charge in [0.2, 0.25) is 0 Å². The Morgan fingerprint density at radius 3 is 2.67 bits per heavy atom. The number of pyridine rings is 1. The Hall–Kier alpha value is -1.80. The molecule has 2 aromatic rings. The highest BCUT2D eigenvalue weighted by Gasteiger charge is 2.21. The summed E-state index contributed by atoms with van der Waals surface area (Å²) < 4.78 is 33.3. The van der Waals surface area contributed by atoms with Crippen molar-refractivity contribution in [3.05, 3.63) is 41.0 Å². The fraction of sp³-hybridized carbons (Fsp3) is 0.154. The molecule has 0 saturated carbocycles. The number of sulfonamides is 1. The maximum absolute atomic E-state index is 12.5. The van der Waals surface area contributed by atoms with Crippen LogP contribution in [0, 0.1) is 0 Å². The van der Waals surface area contributed by atoms with Gasteiger partial charge in [-0.1, -0.05) is 15.9 Å². The van der Waals surface area contributed by atoms with Crippen molar-refractivity contribution in [2.45, 2.75) is 5.03 Å². The normalized spacial score (nSPS) is 11.0. The van der Waals surface area contributed by atoms with Gasteiger partial charge in [0, 0.05) is 17.7 Å². The molecule has 0 aliphatic heterocycles. The van der Waals surface area contributed by atoms with Crippen LogP contribution in [0.5, 0.6) is 5.75 Å². The van der Waals surface area contributed by atoms with Crippen molar-refractivity contribution >= 4 is 37.3 Å². The molecule has 0 fully saturated rings. The highest BCUT2D eigenvalue weighted by Crippen LogP contribution is 2.30. The lowest BCUT2D eigenvalue weighted by Crippen LogP contribution is -2.16. The van der Waals surface area contributed by atoms with Gasteiger partial charge in [-0.05, 0) is 30.3 Å². The van der Waals surface area contributed by atoms with Crippen molar-refractivity contribution in [2.24, 2.45) is 0 Å². The molecule has 112 valence electrons. The molecule has 0 aliphatic carbocycles. The number of hydrogen-bond donors (Lipinski definition) is 2. The zero-order chi connectivity index (χ0) is 15.5. The second-order valence-corrected chi connectivity index (χ2v) is 6.57. The van der Waals surface area contributed by atoms with Crippen LogP contribution in [-0.4, -0.2) is 27.6 Å². The molecule has 1 heterocycles. The van der Waals surface area contributed by atoms with E-state index in [-0.39, 0.29) is 5.03 Å². The van der Waals surface area contributed by atoms with E-state index < -0.39 is 10.0 Å². The molecule has 2 N–H and O–H groups in total. The van der Waals surface area contributed by atoms with Gasteiger partial charge in [0.25, 0.3) is 10.0 Å². The van der Waals surface area contributed by atoms with Gasteiger partial charge in [-0.25, -0.2) is 4.98 Å². The molecule has 0 unspecified atom stereocenters. The van der Waals surface area contributed by atoms with Gasteiger partial charge in [0.15, 0.2) is 5.03 Å². The molecule has 0 atom stereocenters. The largest absolute Gasteiger partial charge is 0.495 e. The average molecular weight is 372 g/mol. The third-order valence-corrected chi connectivity index (χ3v) is 4.52. The van der Waals surface area contributed by atoms with Gasteiger partial charge >= 0.3 is 0 Å². The Kier molecular flexibility index (Phi) is 4.69. The molecule has 1 aromatic carbocycles. The van der Waals surface area contributed by atoms with Gasteiger partial charge in [0.05, 0.1) is 18.5 Å². The van der Waals surface area contributed by atoms with Crippen LogP contribution in [0.3, 0.4) is 0 Å². The first-order chi connectivity index (χ1) is 9.97. The quantitative estimate of drug-likeness (QED) is 0.844. The molecule has 0 spiro atoms. The van der Waals surface area contributed by atoms with Crippen molar-refractivity contribution in [1.82, 2.24) is 4.98 Å². The molecule has 21 heavy (non-hydrogen) atoms. The van der Waals surface area contributed by atoms with E-state index in [1.165, 1.54) is 13.3 Å². The zero-order valence-corrected chi connectivity index (χ0v) is 13.8. The summed E-state index contributed by atoms with van der Waals surface area (Å²) >= 11 is 3.30. The molecule has 2 rings (SSSR count). The van der Waals surface area contributed by atoms with Crippen LogP contribution in [0.25, 0.3) is 0 Å². The minimum absolute atomic E-state index is 0.0745. The van der Waals surface area contributed by atoms with Crippen molar-refractivity contribution in [1.29, 1.82) is 0 Å². The molecular weight excluding hydrogens is 358 g/mol. The predicted molar refractivity (Wildman–Crippen MR) is 85.3 cm³/mol. The fourth-order valence-electron chi connectivity index (χ4n) is 1.75. The summed E-state index contributed by atoms with van der Waals surface area (Å²) in [7, 11) is -0.722. The lowest BCUT2D eigenvalue weighted by atomic mass is 10.3. The molecule has 1 aromatic heterocycles. The Labute approximate surface area is 131 Å². The highest BCUT2D eigenvalue weighted by molar-refractivity contribution is 9.10. The summed E-state index contributed by atoms with van der Waals surface area (Å²) in [5.74, 6) is 0.420. The Morgan fingerprint density at radius 1 is 1.24 bits per heavy atom. The topological polar surface area (TPSA) is 80.3 Å². The SMILES string of the molecule is CNc1cccnc1S(=O)(=O)Nc1cc(Br)ccc1OC. The molecular formula is C13H14BrN3O3S. The number of ether oxygens (including phenoxy) is 1. The number of halogens is 1. The Balaban J connectivity index is 2.45. The number of methoxy groups -OCH3 is 1. The molecule has 0 amide bonds. The minimum atomic E-state index is -3.83.